The van der Waals surface area contributed by atoms with E-state index in [0.717, 1.165) is 12.1 Å². The lowest BCUT2D eigenvalue weighted by molar-refractivity contribution is 0.0980. The molecule has 0 unspecified atom stereocenters. The number of rotatable bonds is 6. The standard InChI is InChI=1S/C21H24N2O6S2/c1-14(2)9-10-16-11-12-17(13-18(16)29-15(3)4)21(24)23-31(27,28)20-8-6-5-7-19(20)30(22,25)26/h5-8,11-15H,1-4H3,(H,23,24)(H2,22,25,26). The maximum atomic E-state index is 12.7. The van der Waals surface area contributed by atoms with Crippen molar-refractivity contribution in [2.24, 2.45) is 11.1 Å². The summed E-state index contributed by atoms with van der Waals surface area (Å²) in [5.41, 5.74) is 0.559. The lowest BCUT2D eigenvalue weighted by Gasteiger charge is -2.14. The Morgan fingerprint density at radius 3 is 2.16 bits per heavy atom. The van der Waals surface area contributed by atoms with E-state index in [4.69, 9.17) is 9.88 Å². The molecule has 0 aliphatic heterocycles. The maximum Gasteiger partial charge on any atom is 0.265 e. The second-order valence-electron chi connectivity index (χ2n) is 7.23. The van der Waals surface area contributed by atoms with Gasteiger partial charge in [0.05, 0.1) is 11.7 Å². The van der Waals surface area contributed by atoms with Crippen LogP contribution < -0.4 is 14.6 Å². The Kier molecular flexibility index (Phi) is 7.49. The number of amides is 1. The van der Waals surface area contributed by atoms with Crippen LogP contribution in [-0.4, -0.2) is 28.8 Å². The predicted molar refractivity (Wildman–Crippen MR) is 116 cm³/mol. The van der Waals surface area contributed by atoms with Gasteiger partial charge in [0.25, 0.3) is 15.9 Å². The Bertz CT molecular complexity index is 1250. The minimum Gasteiger partial charge on any atom is -0.490 e. The lowest BCUT2D eigenvalue weighted by Crippen LogP contribution is -2.32. The van der Waals surface area contributed by atoms with E-state index < -0.39 is 35.7 Å². The molecule has 0 heterocycles. The van der Waals surface area contributed by atoms with Gasteiger partial charge in [-0.3, -0.25) is 4.79 Å². The second kappa shape index (κ2) is 9.51. The number of carbonyl (C=O) groups is 1. The van der Waals surface area contributed by atoms with Crippen molar-refractivity contribution in [2.75, 3.05) is 0 Å². The summed E-state index contributed by atoms with van der Waals surface area (Å²) in [5.74, 6) is 5.48. The smallest absolute Gasteiger partial charge is 0.265 e. The van der Waals surface area contributed by atoms with Gasteiger partial charge in [0, 0.05) is 11.5 Å². The van der Waals surface area contributed by atoms with Gasteiger partial charge < -0.3 is 4.74 Å². The van der Waals surface area contributed by atoms with E-state index >= 15 is 0 Å². The Morgan fingerprint density at radius 2 is 1.61 bits per heavy atom. The van der Waals surface area contributed by atoms with Crippen LogP contribution >= 0.6 is 0 Å². The van der Waals surface area contributed by atoms with Crippen LogP contribution in [0.3, 0.4) is 0 Å². The number of nitrogens with two attached hydrogens (primary N) is 1. The monoisotopic (exact) mass is 464 g/mol. The van der Waals surface area contributed by atoms with Crippen molar-refractivity contribution in [1.82, 2.24) is 4.72 Å². The Hall–Kier alpha value is -2.87. The van der Waals surface area contributed by atoms with Crippen molar-refractivity contribution in [3.05, 3.63) is 53.6 Å². The molecule has 0 aliphatic carbocycles. The van der Waals surface area contributed by atoms with Crippen LogP contribution in [0.1, 0.15) is 43.6 Å². The third-order valence-electron chi connectivity index (χ3n) is 3.77. The van der Waals surface area contributed by atoms with E-state index in [1.165, 1.54) is 24.3 Å². The molecule has 3 N–H and O–H groups in total. The molecule has 166 valence electrons. The van der Waals surface area contributed by atoms with Crippen molar-refractivity contribution >= 4 is 26.0 Å². The van der Waals surface area contributed by atoms with Crippen LogP contribution in [0.5, 0.6) is 5.75 Å². The fourth-order valence-corrected chi connectivity index (χ4v) is 4.84. The summed E-state index contributed by atoms with van der Waals surface area (Å²) >= 11 is 0. The van der Waals surface area contributed by atoms with Gasteiger partial charge >= 0.3 is 0 Å². The molecule has 10 heteroatoms. The average molecular weight is 465 g/mol. The molecule has 0 saturated carbocycles. The van der Waals surface area contributed by atoms with Gasteiger partial charge in [0.15, 0.2) is 0 Å². The van der Waals surface area contributed by atoms with Crippen LogP contribution in [0.2, 0.25) is 0 Å². The van der Waals surface area contributed by atoms with Gasteiger partial charge in [-0.1, -0.05) is 37.8 Å². The molecule has 0 fully saturated rings. The first-order valence-electron chi connectivity index (χ1n) is 9.32. The molecule has 0 saturated heterocycles. The first-order chi connectivity index (χ1) is 14.3. The van der Waals surface area contributed by atoms with Crippen LogP contribution in [-0.2, 0) is 20.0 Å². The average Bonchev–Trinajstić information content (AvgIpc) is 2.65. The molecule has 2 rings (SSSR count). The minimum atomic E-state index is -4.52. The Labute approximate surface area is 182 Å². The first kappa shape index (κ1) is 24.4. The second-order valence-corrected chi connectivity index (χ2v) is 10.4. The molecule has 1 amide bonds. The number of ether oxygens (including phenoxy) is 1. The highest BCUT2D eigenvalue weighted by atomic mass is 32.2. The van der Waals surface area contributed by atoms with E-state index in [2.05, 4.69) is 11.8 Å². The van der Waals surface area contributed by atoms with E-state index in [-0.39, 0.29) is 17.6 Å². The zero-order valence-electron chi connectivity index (χ0n) is 17.5. The summed E-state index contributed by atoms with van der Waals surface area (Å²) in [6.07, 6.45) is -0.205. The first-order valence-corrected chi connectivity index (χ1v) is 12.4. The minimum absolute atomic E-state index is 0.00223. The molecule has 0 radical (unpaired) electrons. The number of primary sulfonamides is 1. The predicted octanol–water partition coefficient (Wildman–Crippen LogP) is 2.25. The van der Waals surface area contributed by atoms with Gasteiger partial charge in [-0.25, -0.2) is 26.7 Å². The van der Waals surface area contributed by atoms with E-state index in [1.54, 1.807) is 19.9 Å². The van der Waals surface area contributed by atoms with Crippen LogP contribution in [0.25, 0.3) is 0 Å². The highest BCUT2D eigenvalue weighted by molar-refractivity contribution is 7.92. The largest absolute Gasteiger partial charge is 0.490 e. The molecule has 2 aromatic carbocycles. The van der Waals surface area contributed by atoms with Crippen molar-refractivity contribution in [3.63, 3.8) is 0 Å². The Balaban J connectivity index is 2.43. The van der Waals surface area contributed by atoms with Crippen molar-refractivity contribution in [3.8, 4) is 17.6 Å². The number of hydrogen-bond donors (Lipinski definition) is 2. The third-order valence-corrected chi connectivity index (χ3v) is 6.26. The molecule has 0 bridgehead atoms. The van der Waals surface area contributed by atoms with Gasteiger partial charge in [0.1, 0.15) is 15.5 Å². The summed E-state index contributed by atoms with van der Waals surface area (Å²) in [4.78, 5) is 11.4. The summed E-state index contributed by atoms with van der Waals surface area (Å²) in [6.45, 7) is 7.48. The third kappa shape index (κ3) is 6.55. The van der Waals surface area contributed by atoms with Gasteiger partial charge in [-0.15, -0.1) is 0 Å². The molecule has 0 aliphatic rings. The fourth-order valence-electron chi connectivity index (χ4n) is 2.48. The van der Waals surface area contributed by atoms with Crippen LogP contribution in [0, 0.1) is 17.8 Å². The Morgan fingerprint density at radius 1 is 1.00 bits per heavy atom. The van der Waals surface area contributed by atoms with Gasteiger partial charge in [0.2, 0.25) is 10.0 Å². The lowest BCUT2D eigenvalue weighted by atomic mass is 10.1. The molecular formula is C21H24N2O6S2. The summed E-state index contributed by atoms with van der Waals surface area (Å²) in [6, 6.07) is 9.11. The molecule has 0 aromatic heterocycles. The zero-order chi connectivity index (χ0) is 23.4. The summed E-state index contributed by atoms with van der Waals surface area (Å²) in [7, 11) is -8.84. The van der Waals surface area contributed by atoms with E-state index in [1.807, 2.05) is 18.6 Å². The molecule has 0 atom stereocenters. The van der Waals surface area contributed by atoms with E-state index in [0.29, 0.717) is 11.3 Å². The van der Waals surface area contributed by atoms with Crippen molar-refractivity contribution in [2.45, 2.75) is 43.6 Å². The summed E-state index contributed by atoms with van der Waals surface area (Å²) < 4.78 is 56.4. The topological polar surface area (TPSA) is 133 Å². The van der Waals surface area contributed by atoms with E-state index in [9.17, 15) is 21.6 Å². The normalized spacial score (nSPS) is 11.7. The number of nitrogens with one attached hydrogen (secondary N) is 1. The number of carbonyl (C=O) groups excluding carboxylic acids is 1. The van der Waals surface area contributed by atoms with Gasteiger partial charge in [-0.05, 0) is 44.2 Å². The quantitative estimate of drug-likeness (QED) is 0.630. The van der Waals surface area contributed by atoms with Gasteiger partial charge in [-0.2, -0.15) is 0 Å². The van der Waals surface area contributed by atoms with Crippen LogP contribution in [0.15, 0.2) is 52.3 Å². The molecular weight excluding hydrogens is 440 g/mol. The molecule has 8 nitrogen and oxygen atoms in total. The molecule has 31 heavy (non-hydrogen) atoms. The SMILES string of the molecule is CC(C)C#Cc1ccc(C(=O)NS(=O)(=O)c2ccccc2S(N)(=O)=O)cc1OC(C)C. The summed E-state index contributed by atoms with van der Waals surface area (Å²) in [5, 5.41) is 5.09. The van der Waals surface area contributed by atoms with Crippen LogP contribution in [0.4, 0.5) is 0 Å². The maximum absolute atomic E-state index is 12.7. The highest BCUT2D eigenvalue weighted by Gasteiger charge is 2.26. The number of benzene rings is 2. The van der Waals surface area contributed by atoms with Crippen molar-refractivity contribution < 1.29 is 26.4 Å². The zero-order valence-corrected chi connectivity index (χ0v) is 19.2. The highest BCUT2D eigenvalue weighted by Crippen LogP contribution is 2.23. The molecule has 2 aromatic rings. The fraction of sp³-hybridized carbons (Fsp3) is 0.286. The number of hydrogen-bond acceptors (Lipinski definition) is 6. The number of sulfonamides is 2. The van der Waals surface area contributed by atoms with Crippen molar-refractivity contribution in [1.29, 1.82) is 0 Å². The molecule has 0 spiro atoms.